The zero-order chi connectivity index (χ0) is 17.7. The Hall–Kier alpha value is -1.93. The van der Waals surface area contributed by atoms with E-state index in [2.05, 4.69) is 0 Å². The van der Waals surface area contributed by atoms with Gasteiger partial charge in [0, 0.05) is 20.1 Å². The molecule has 0 bridgehead atoms. The summed E-state index contributed by atoms with van der Waals surface area (Å²) in [4.78, 5) is 25.6. The molecule has 1 atom stereocenters. The Balaban J connectivity index is 1.86. The summed E-state index contributed by atoms with van der Waals surface area (Å²) in [7, 11) is -1.83. The van der Waals surface area contributed by atoms with E-state index in [-0.39, 0.29) is 5.91 Å². The van der Waals surface area contributed by atoms with Gasteiger partial charge in [-0.15, -0.1) is 0 Å². The third kappa shape index (κ3) is 4.78. The molecule has 8 heteroatoms. The van der Waals surface area contributed by atoms with E-state index in [9.17, 15) is 18.0 Å². The number of hydrogen-bond donors (Lipinski definition) is 0. The molecule has 132 valence electrons. The van der Waals surface area contributed by atoms with Crippen LogP contribution >= 0.6 is 0 Å². The number of likely N-dealkylation sites (N-methyl/N-ethyl adjacent to an activating group) is 1. The summed E-state index contributed by atoms with van der Waals surface area (Å²) >= 11 is 0. The van der Waals surface area contributed by atoms with Crippen molar-refractivity contribution < 1.29 is 22.7 Å². The van der Waals surface area contributed by atoms with Crippen LogP contribution in [0.2, 0.25) is 0 Å². The Morgan fingerprint density at radius 2 is 1.96 bits per heavy atom. The zero-order valence-corrected chi connectivity index (χ0v) is 14.7. The molecule has 24 heavy (non-hydrogen) atoms. The highest BCUT2D eigenvalue weighted by Gasteiger charge is 2.37. The summed E-state index contributed by atoms with van der Waals surface area (Å²) in [5.41, 5.74) is 0.971. The molecule has 0 radical (unpaired) electrons. The highest BCUT2D eigenvalue weighted by molar-refractivity contribution is 7.88. The van der Waals surface area contributed by atoms with Crippen molar-refractivity contribution in [1.82, 2.24) is 9.21 Å². The largest absolute Gasteiger partial charge is 0.454 e. The molecular weight excluding hydrogens is 332 g/mol. The Morgan fingerprint density at radius 3 is 2.58 bits per heavy atom. The van der Waals surface area contributed by atoms with Crippen LogP contribution in [0.3, 0.4) is 0 Å². The van der Waals surface area contributed by atoms with Crippen molar-refractivity contribution >= 4 is 21.9 Å². The van der Waals surface area contributed by atoms with Crippen molar-refractivity contribution in [3.8, 4) is 0 Å². The first-order valence-corrected chi connectivity index (χ1v) is 9.55. The second kappa shape index (κ2) is 7.76. The van der Waals surface area contributed by atoms with E-state index in [1.807, 2.05) is 30.3 Å². The van der Waals surface area contributed by atoms with Gasteiger partial charge in [0.05, 0.1) is 6.26 Å². The van der Waals surface area contributed by atoms with Gasteiger partial charge in [-0.25, -0.2) is 8.42 Å². The number of amides is 1. The van der Waals surface area contributed by atoms with Gasteiger partial charge in [0.1, 0.15) is 6.04 Å². The van der Waals surface area contributed by atoms with Crippen molar-refractivity contribution in [2.24, 2.45) is 0 Å². The van der Waals surface area contributed by atoms with Gasteiger partial charge in [0.2, 0.25) is 10.0 Å². The fraction of sp³-hybridized carbons (Fsp3) is 0.500. The van der Waals surface area contributed by atoms with Crippen molar-refractivity contribution in [2.75, 3.05) is 26.5 Å². The molecule has 1 amide bonds. The number of hydrogen-bond acceptors (Lipinski definition) is 5. The fourth-order valence-electron chi connectivity index (χ4n) is 2.66. The van der Waals surface area contributed by atoms with Gasteiger partial charge < -0.3 is 9.64 Å². The number of nitrogens with zero attached hydrogens (tertiary/aromatic N) is 2. The van der Waals surface area contributed by atoms with Gasteiger partial charge >= 0.3 is 5.97 Å². The Morgan fingerprint density at radius 1 is 1.29 bits per heavy atom. The topological polar surface area (TPSA) is 84.0 Å². The van der Waals surface area contributed by atoms with Gasteiger partial charge in [-0.1, -0.05) is 30.3 Å². The van der Waals surface area contributed by atoms with Crippen LogP contribution in [0.4, 0.5) is 0 Å². The molecule has 0 saturated carbocycles. The predicted molar refractivity (Wildman–Crippen MR) is 88.4 cm³/mol. The zero-order valence-electron chi connectivity index (χ0n) is 13.8. The minimum Gasteiger partial charge on any atom is -0.454 e. The van der Waals surface area contributed by atoms with E-state index in [1.165, 1.54) is 4.90 Å². The van der Waals surface area contributed by atoms with Gasteiger partial charge in [0.15, 0.2) is 6.61 Å². The average Bonchev–Trinajstić information content (AvgIpc) is 3.03. The van der Waals surface area contributed by atoms with Crippen LogP contribution in [0.5, 0.6) is 0 Å². The van der Waals surface area contributed by atoms with Crippen LogP contribution in [-0.2, 0) is 30.9 Å². The van der Waals surface area contributed by atoms with Gasteiger partial charge in [-0.05, 0) is 18.4 Å². The number of benzene rings is 1. The number of sulfonamides is 1. The third-order valence-corrected chi connectivity index (χ3v) is 5.22. The van der Waals surface area contributed by atoms with E-state index in [1.54, 1.807) is 7.05 Å². The number of esters is 1. The number of carbonyl (C=O) groups excluding carboxylic acids is 2. The van der Waals surface area contributed by atoms with Crippen LogP contribution in [0, 0.1) is 0 Å². The maximum Gasteiger partial charge on any atom is 0.324 e. The number of rotatable bonds is 6. The van der Waals surface area contributed by atoms with Crippen LogP contribution in [0.15, 0.2) is 30.3 Å². The first-order chi connectivity index (χ1) is 11.3. The first-order valence-electron chi connectivity index (χ1n) is 7.70. The summed E-state index contributed by atoms with van der Waals surface area (Å²) in [5.74, 6) is -1.00. The van der Waals surface area contributed by atoms with E-state index in [4.69, 9.17) is 4.74 Å². The predicted octanol–water partition coefficient (Wildman–Crippen LogP) is 0.612. The Labute approximate surface area is 142 Å². The molecule has 0 aliphatic carbocycles. The van der Waals surface area contributed by atoms with Gasteiger partial charge in [0.25, 0.3) is 5.91 Å². The lowest BCUT2D eigenvalue weighted by Crippen LogP contribution is -2.42. The van der Waals surface area contributed by atoms with Crippen molar-refractivity contribution in [3.05, 3.63) is 35.9 Å². The Kier molecular flexibility index (Phi) is 5.95. The summed E-state index contributed by atoms with van der Waals surface area (Å²) in [6.45, 7) is 0.326. The van der Waals surface area contributed by atoms with Gasteiger partial charge in [-0.2, -0.15) is 4.31 Å². The van der Waals surface area contributed by atoms with E-state index in [0.29, 0.717) is 25.9 Å². The highest BCUT2D eigenvalue weighted by atomic mass is 32.2. The molecule has 0 spiro atoms. The van der Waals surface area contributed by atoms with E-state index >= 15 is 0 Å². The second-order valence-electron chi connectivity index (χ2n) is 5.87. The quantitative estimate of drug-likeness (QED) is 0.699. The first kappa shape index (κ1) is 18.4. The standard InChI is InChI=1S/C16H22N2O5S/c1-17(11-13-7-4-3-5-8-13)15(19)12-23-16(20)14-9-6-10-18(14)24(2,21)22/h3-5,7-8,14H,6,9-12H2,1-2H3/t14-/m0/s1. The minimum atomic E-state index is -3.46. The van der Waals surface area contributed by atoms with Crippen LogP contribution < -0.4 is 0 Å². The molecule has 0 N–H and O–H groups in total. The molecule has 2 rings (SSSR count). The Bertz CT molecular complexity index is 690. The fourth-order valence-corrected chi connectivity index (χ4v) is 3.77. The number of carbonyl (C=O) groups is 2. The highest BCUT2D eigenvalue weighted by Crippen LogP contribution is 2.21. The average molecular weight is 354 g/mol. The molecule has 1 fully saturated rings. The van der Waals surface area contributed by atoms with Crippen LogP contribution in [0.1, 0.15) is 18.4 Å². The molecule has 0 aromatic heterocycles. The monoisotopic (exact) mass is 354 g/mol. The van der Waals surface area contributed by atoms with Crippen LogP contribution in [0.25, 0.3) is 0 Å². The molecular formula is C16H22N2O5S. The molecule has 7 nitrogen and oxygen atoms in total. The summed E-state index contributed by atoms with van der Waals surface area (Å²) in [5, 5.41) is 0. The molecule has 1 saturated heterocycles. The normalized spacial score (nSPS) is 18.3. The molecule has 1 aliphatic rings. The SMILES string of the molecule is CN(Cc1ccccc1)C(=O)COC(=O)[C@@H]1CCCN1S(C)(=O)=O. The third-order valence-electron chi connectivity index (χ3n) is 3.93. The molecule has 0 unspecified atom stereocenters. The summed E-state index contributed by atoms with van der Waals surface area (Å²) < 4.78 is 29.5. The molecule has 1 aromatic rings. The van der Waals surface area contributed by atoms with Crippen molar-refractivity contribution in [2.45, 2.75) is 25.4 Å². The van der Waals surface area contributed by atoms with E-state index < -0.39 is 28.6 Å². The minimum absolute atomic E-state index is 0.306. The van der Waals surface area contributed by atoms with Crippen LogP contribution in [-0.4, -0.2) is 62.0 Å². The van der Waals surface area contributed by atoms with Gasteiger partial charge in [-0.3, -0.25) is 9.59 Å². The summed E-state index contributed by atoms with van der Waals surface area (Å²) in [6.07, 6.45) is 2.09. The number of ether oxygens (including phenoxy) is 1. The molecule has 1 aromatic carbocycles. The lowest BCUT2D eigenvalue weighted by Gasteiger charge is -2.21. The lowest BCUT2D eigenvalue weighted by atomic mass is 10.2. The molecule has 1 heterocycles. The second-order valence-corrected chi connectivity index (χ2v) is 7.81. The van der Waals surface area contributed by atoms with Crippen molar-refractivity contribution in [3.63, 3.8) is 0 Å². The van der Waals surface area contributed by atoms with E-state index in [0.717, 1.165) is 16.1 Å². The summed E-state index contributed by atoms with van der Waals surface area (Å²) in [6, 6.07) is 8.63. The maximum atomic E-state index is 12.1. The van der Waals surface area contributed by atoms with Crippen molar-refractivity contribution in [1.29, 1.82) is 0 Å². The molecule has 1 aliphatic heterocycles. The smallest absolute Gasteiger partial charge is 0.324 e. The lowest BCUT2D eigenvalue weighted by molar-refractivity contribution is -0.154. The maximum absolute atomic E-state index is 12.1.